The van der Waals surface area contributed by atoms with Crippen LogP contribution in [0.1, 0.15) is 31.2 Å². The topological polar surface area (TPSA) is 26.0 Å². The number of aromatic nitrogens is 1. The summed E-state index contributed by atoms with van der Waals surface area (Å²) in [5, 5.41) is 6.07. The van der Waals surface area contributed by atoms with Crippen LogP contribution in [0, 0.1) is 12.3 Å². The van der Waals surface area contributed by atoms with Crippen molar-refractivity contribution in [1.29, 1.82) is 0 Å². The lowest BCUT2D eigenvalue weighted by atomic mass is 9.90. The fourth-order valence-electron chi connectivity index (χ4n) is 4.79. The van der Waals surface area contributed by atoms with Gasteiger partial charge in [0.15, 0.2) is 0 Å². The Hall–Kier alpha value is -3.17. The molecule has 0 saturated heterocycles. The molecule has 3 heterocycles. The Morgan fingerprint density at radius 3 is 2.47 bits per heavy atom. The molecular weight excluding hydrogens is 410 g/mol. The van der Waals surface area contributed by atoms with Gasteiger partial charge in [-0.15, -0.1) is 11.3 Å². The van der Waals surface area contributed by atoms with Crippen molar-refractivity contribution in [3.05, 3.63) is 77.3 Å². The fourth-order valence-corrected chi connectivity index (χ4v) is 6.39. The first-order chi connectivity index (χ1) is 15.4. The molecule has 0 aliphatic rings. The monoisotopic (exact) mass is 435 g/mol. The first-order valence-corrected chi connectivity index (χ1v) is 11.9. The highest BCUT2D eigenvalue weighted by atomic mass is 32.1. The van der Waals surface area contributed by atoms with E-state index >= 15 is 0 Å². The van der Waals surface area contributed by atoms with Crippen LogP contribution < -0.4 is 0 Å². The van der Waals surface area contributed by atoms with E-state index < -0.39 is 0 Å². The van der Waals surface area contributed by atoms with Gasteiger partial charge in [0.05, 0.1) is 10.4 Å². The molecule has 158 valence electrons. The van der Waals surface area contributed by atoms with Crippen LogP contribution in [0.5, 0.6) is 0 Å². The second-order valence-corrected chi connectivity index (χ2v) is 11.0. The van der Waals surface area contributed by atoms with E-state index in [4.69, 9.17) is 9.40 Å². The Labute approximate surface area is 191 Å². The fraction of sp³-hybridized carbons (Fsp3) is 0.207. The van der Waals surface area contributed by atoms with Crippen LogP contribution in [0.25, 0.3) is 54.1 Å². The molecule has 0 aliphatic carbocycles. The lowest BCUT2D eigenvalue weighted by Gasteiger charge is -2.17. The van der Waals surface area contributed by atoms with Gasteiger partial charge in [-0.25, -0.2) is 0 Å². The number of aryl methyl sites for hydroxylation is 1. The van der Waals surface area contributed by atoms with Gasteiger partial charge >= 0.3 is 0 Å². The van der Waals surface area contributed by atoms with Crippen LogP contribution in [0.4, 0.5) is 0 Å². The second-order valence-electron chi connectivity index (χ2n) is 9.87. The SMILES string of the molecule is Cc1c(CC(C)(C)C)sc2c(-c3cc4ccccc4c4c3oc3ccccc34)nccc12. The molecule has 2 nitrogen and oxygen atoms in total. The summed E-state index contributed by atoms with van der Waals surface area (Å²) in [4.78, 5) is 6.35. The summed E-state index contributed by atoms with van der Waals surface area (Å²) in [6.45, 7) is 9.16. The number of rotatable bonds is 2. The number of fused-ring (bicyclic) bond motifs is 6. The van der Waals surface area contributed by atoms with E-state index in [-0.39, 0.29) is 5.41 Å². The van der Waals surface area contributed by atoms with Crippen molar-refractivity contribution in [2.75, 3.05) is 0 Å². The lowest BCUT2D eigenvalue weighted by molar-refractivity contribution is 0.414. The van der Waals surface area contributed by atoms with E-state index in [1.165, 1.54) is 36.7 Å². The molecule has 0 saturated carbocycles. The molecule has 0 N–H and O–H groups in total. The molecule has 0 atom stereocenters. The number of hydrogen-bond donors (Lipinski definition) is 0. The number of pyridine rings is 1. The van der Waals surface area contributed by atoms with Crippen molar-refractivity contribution in [2.45, 2.75) is 34.1 Å². The average molecular weight is 436 g/mol. The summed E-state index contributed by atoms with van der Waals surface area (Å²) < 4.78 is 7.73. The Bertz CT molecular complexity index is 1650. The zero-order valence-electron chi connectivity index (χ0n) is 18.8. The molecule has 32 heavy (non-hydrogen) atoms. The van der Waals surface area contributed by atoms with Gasteiger partial charge in [-0.1, -0.05) is 63.2 Å². The van der Waals surface area contributed by atoms with Crippen molar-refractivity contribution in [2.24, 2.45) is 5.41 Å². The highest BCUT2D eigenvalue weighted by molar-refractivity contribution is 7.19. The molecule has 0 unspecified atom stereocenters. The van der Waals surface area contributed by atoms with E-state index in [1.807, 2.05) is 23.6 Å². The summed E-state index contributed by atoms with van der Waals surface area (Å²) in [5.74, 6) is 0. The van der Waals surface area contributed by atoms with Crippen LogP contribution in [-0.4, -0.2) is 4.98 Å². The standard InChI is InChI=1S/C29H25NOS/c1-17-19-13-14-30-26(28(19)32-24(17)16-29(2,3)4)22-15-18-9-5-6-10-20(18)25-21-11-7-8-12-23(21)31-27(22)25/h5-15H,16H2,1-4H3. The molecule has 0 spiro atoms. The Kier molecular flexibility index (Phi) is 4.22. The first-order valence-electron chi connectivity index (χ1n) is 11.1. The lowest BCUT2D eigenvalue weighted by Crippen LogP contribution is -2.08. The predicted molar refractivity (Wildman–Crippen MR) is 138 cm³/mol. The van der Waals surface area contributed by atoms with Crippen LogP contribution in [0.3, 0.4) is 0 Å². The van der Waals surface area contributed by atoms with Gasteiger partial charge in [0, 0.05) is 27.4 Å². The zero-order valence-corrected chi connectivity index (χ0v) is 19.6. The highest BCUT2D eigenvalue weighted by Gasteiger charge is 2.22. The summed E-state index contributed by atoms with van der Waals surface area (Å²) in [6.07, 6.45) is 3.01. The number of furan rings is 1. The summed E-state index contributed by atoms with van der Waals surface area (Å²) in [5.41, 5.74) is 5.56. The van der Waals surface area contributed by atoms with Gasteiger partial charge in [0.1, 0.15) is 11.2 Å². The molecule has 3 heteroatoms. The third-order valence-corrected chi connectivity index (χ3v) is 7.58. The molecule has 0 radical (unpaired) electrons. The van der Waals surface area contributed by atoms with Crippen LogP contribution in [0.15, 0.2) is 71.3 Å². The Morgan fingerprint density at radius 1 is 0.906 bits per heavy atom. The van der Waals surface area contributed by atoms with E-state index in [1.54, 1.807) is 0 Å². The normalized spacial score (nSPS) is 12.5. The van der Waals surface area contributed by atoms with E-state index in [0.717, 1.165) is 34.2 Å². The smallest absolute Gasteiger partial charge is 0.145 e. The summed E-state index contributed by atoms with van der Waals surface area (Å²) in [6, 6.07) is 21.3. The van der Waals surface area contributed by atoms with E-state index in [2.05, 4.69) is 82.3 Å². The molecule has 3 aromatic heterocycles. The van der Waals surface area contributed by atoms with Gasteiger partial charge in [-0.2, -0.15) is 0 Å². The molecular formula is C29H25NOS. The number of para-hydroxylation sites is 1. The maximum Gasteiger partial charge on any atom is 0.145 e. The van der Waals surface area contributed by atoms with Crippen molar-refractivity contribution < 1.29 is 4.42 Å². The first kappa shape index (κ1) is 19.5. The predicted octanol–water partition coefficient (Wildman–Crippen LogP) is 8.91. The Balaban J connectivity index is 1.72. The highest BCUT2D eigenvalue weighted by Crippen LogP contribution is 2.44. The van der Waals surface area contributed by atoms with Gasteiger partial charge in [-0.05, 0) is 58.7 Å². The summed E-state index contributed by atoms with van der Waals surface area (Å²) >= 11 is 1.89. The van der Waals surface area contributed by atoms with Crippen molar-refractivity contribution in [3.63, 3.8) is 0 Å². The van der Waals surface area contributed by atoms with Crippen molar-refractivity contribution in [3.8, 4) is 11.3 Å². The number of nitrogens with zero attached hydrogens (tertiary/aromatic N) is 1. The maximum atomic E-state index is 6.48. The van der Waals surface area contributed by atoms with Crippen LogP contribution >= 0.6 is 11.3 Å². The number of benzene rings is 3. The largest absolute Gasteiger partial charge is 0.455 e. The number of hydrogen-bond acceptors (Lipinski definition) is 3. The molecule has 0 amide bonds. The molecule has 0 fully saturated rings. The van der Waals surface area contributed by atoms with Crippen molar-refractivity contribution in [1.82, 2.24) is 4.98 Å². The van der Waals surface area contributed by atoms with Gasteiger partial charge in [0.25, 0.3) is 0 Å². The van der Waals surface area contributed by atoms with E-state index in [0.29, 0.717) is 0 Å². The van der Waals surface area contributed by atoms with Gasteiger partial charge in [-0.3, -0.25) is 4.98 Å². The molecule has 6 aromatic rings. The average Bonchev–Trinajstić information content (AvgIpc) is 3.30. The van der Waals surface area contributed by atoms with Crippen LogP contribution in [-0.2, 0) is 6.42 Å². The van der Waals surface area contributed by atoms with Crippen LogP contribution in [0.2, 0.25) is 0 Å². The minimum Gasteiger partial charge on any atom is -0.455 e. The summed E-state index contributed by atoms with van der Waals surface area (Å²) in [7, 11) is 0. The van der Waals surface area contributed by atoms with Crippen molar-refractivity contribution >= 4 is 54.1 Å². The molecule has 3 aromatic carbocycles. The Morgan fingerprint density at radius 2 is 1.66 bits per heavy atom. The van der Waals surface area contributed by atoms with Gasteiger partial charge in [0.2, 0.25) is 0 Å². The minimum atomic E-state index is 0.244. The van der Waals surface area contributed by atoms with E-state index in [9.17, 15) is 0 Å². The zero-order chi connectivity index (χ0) is 22.0. The second kappa shape index (κ2) is 6.91. The minimum absolute atomic E-state index is 0.244. The molecule has 6 rings (SSSR count). The quantitative estimate of drug-likeness (QED) is 0.271. The third kappa shape index (κ3) is 2.96. The molecule has 0 bridgehead atoms. The molecule has 0 aliphatic heterocycles. The maximum absolute atomic E-state index is 6.48. The third-order valence-electron chi connectivity index (χ3n) is 6.27. The van der Waals surface area contributed by atoms with Gasteiger partial charge < -0.3 is 4.42 Å². The number of thiophene rings is 1.